The Bertz CT molecular complexity index is 499. The average Bonchev–Trinajstić information content (AvgIpc) is 3.01. The van der Waals surface area contributed by atoms with Gasteiger partial charge < -0.3 is 20.6 Å². The van der Waals surface area contributed by atoms with Gasteiger partial charge in [-0.2, -0.15) is 0 Å². The van der Waals surface area contributed by atoms with Gasteiger partial charge in [0.25, 0.3) is 0 Å². The van der Waals surface area contributed by atoms with E-state index in [4.69, 9.17) is 5.11 Å². The third kappa shape index (κ3) is 4.63. The predicted molar refractivity (Wildman–Crippen MR) is 90.6 cm³/mol. The van der Waals surface area contributed by atoms with Crippen molar-refractivity contribution in [3.05, 3.63) is 23.8 Å². The van der Waals surface area contributed by atoms with Crippen LogP contribution in [-0.4, -0.2) is 36.9 Å². The van der Waals surface area contributed by atoms with E-state index in [9.17, 15) is 4.79 Å². The van der Waals surface area contributed by atoms with Crippen LogP contribution in [0.4, 0.5) is 16.2 Å². The summed E-state index contributed by atoms with van der Waals surface area (Å²) in [6, 6.07) is 6.04. The SMILES string of the molecule is Cc1cc(N2CCCC2)ccc1NC(=O)NC(C)CCCO. The molecule has 0 bridgehead atoms. The maximum atomic E-state index is 12.0. The maximum Gasteiger partial charge on any atom is 0.319 e. The Morgan fingerprint density at radius 1 is 1.36 bits per heavy atom. The fourth-order valence-corrected chi connectivity index (χ4v) is 2.81. The van der Waals surface area contributed by atoms with Crippen LogP contribution in [0.1, 0.15) is 38.2 Å². The lowest BCUT2D eigenvalue weighted by molar-refractivity contribution is 0.245. The topological polar surface area (TPSA) is 64.6 Å². The van der Waals surface area contributed by atoms with Crippen LogP contribution in [0, 0.1) is 6.92 Å². The van der Waals surface area contributed by atoms with E-state index < -0.39 is 0 Å². The van der Waals surface area contributed by atoms with Crippen LogP contribution in [0.5, 0.6) is 0 Å². The molecule has 1 aromatic rings. The Morgan fingerprint density at radius 2 is 2.09 bits per heavy atom. The zero-order valence-corrected chi connectivity index (χ0v) is 13.6. The lowest BCUT2D eigenvalue weighted by atomic mass is 10.1. The number of urea groups is 1. The van der Waals surface area contributed by atoms with Gasteiger partial charge in [0.15, 0.2) is 0 Å². The van der Waals surface area contributed by atoms with Gasteiger partial charge in [-0.3, -0.25) is 0 Å². The zero-order valence-electron chi connectivity index (χ0n) is 13.6. The second-order valence-electron chi connectivity index (χ2n) is 6.06. The van der Waals surface area contributed by atoms with Crippen LogP contribution < -0.4 is 15.5 Å². The van der Waals surface area contributed by atoms with E-state index in [1.165, 1.54) is 18.5 Å². The summed E-state index contributed by atoms with van der Waals surface area (Å²) in [5.41, 5.74) is 3.15. The van der Waals surface area contributed by atoms with E-state index in [1.807, 2.05) is 19.9 Å². The molecule has 0 spiro atoms. The second kappa shape index (κ2) is 8.03. The number of aliphatic hydroxyl groups is 1. The van der Waals surface area contributed by atoms with Gasteiger partial charge in [0.1, 0.15) is 0 Å². The first kappa shape index (κ1) is 16.6. The normalized spacial score (nSPS) is 15.7. The van der Waals surface area contributed by atoms with Gasteiger partial charge in [0.2, 0.25) is 0 Å². The minimum atomic E-state index is -0.192. The fraction of sp³-hybridized carbons (Fsp3) is 0.588. The van der Waals surface area contributed by atoms with Crippen molar-refractivity contribution < 1.29 is 9.90 Å². The van der Waals surface area contributed by atoms with E-state index in [0.29, 0.717) is 6.42 Å². The lowest BCUT2D eigenvalue weighted by Gasteiger charge is -2.20. The highest BCUT2D eigenvalue weighted by Gasteiger charge is 2.14. The Labute approximate surface area is 132 Å². The first-order valence-electron chi connectivity index (χ1n) is 8.14. The number of aliphatic hydroxyl groups excluding tert-OH is 1. The Balaban J connectivity index is 1.90. The number of nitrogens with one attached hydrogen (secondary N) is 2. The van der Waals surface area contributed by atoms with Crippen molar-refractivity contribution in [3.8, 4) is 0 Å². The van der Waals surface area contributed by atoms with Crippen LogP contribution in [0.15, 0.2) is 18.2 Å². The molecule has 5 nitrogen and oxygen atoms in total. The molecule has 22 heavy (non-hydrogen) atoms. The van der Waals surface area contributed by atoms with E-state index in [0.717, 1.165) is 30.8 Å². The molecule has 0 aliphatic carbocycles. The molecule has 1 aliphatic rings. The Kier molecular flexibility index (Phi) is 6.07. The number of nitrogens with zero attached hydrogens (tertiary/aromatic N) is 1. The average molecular weight is 305 g/mol. The number of aryl methyl sites for hydroxylation is 1. The molecule has 122 valence electrons. The standard InChI is InChI=1S/C17H27N3O2/c1-13-12-15(20-9-3-4-10-20)7-8-16(13)19-17(22)18-14(2)6-5-11-21/h7-8,12,14,21H,3-6,9-11H2,1-2H3,(H2,18,19,22). The molecular weight excluding hydrogens is 278 g/mol. The van der Waals surface area contributed by atoms with Gasteiger partial charge in [0, 0.05) is 37.1 Å². The fourth-order valence-electron chi connectivity index (χ4n) is 2.81. The van der Waals surface area contributed by atoms with Crippen LogP contribution >= 0.6 is 0 Å². The molecule has 2 rings (SSSR count). The minimum Gasteiger partial charge on any atom is -0.396 e. The van der Waals surface area contributed by atoms with Crippen LogP contribution in [0.2, 0.25) is 0 Å². The van der Waals surface area contributed by atoms with Crippen LogP contribution in [0.25, 0.3) is 0 Å². The molecule has 3 N–H and O–H groups in total. The summed E-state index contributed by atoms with van der Waals surface area (Å²) < 4.78 is 0. The van der Waals surface area contributed by atoms with E-state index in [-0.39, 0.29) is 18.7 Å². The number of amides is 2. The summed E-state index contributed by atoms with van der Waals surface area (Å²) in [5.74, 6) is 0. The van der Waals surface area contributed by atoms with Crippen LogP contribution in [0.3, 0.4) is 0 Å². The smallest absolute Gasteiger partial charge is 0.319 e. The number of carbonyl (C=O) groups excluding carboxylic acids is 1. The van der Waals surface area contributed by atoms with Crippen LogP contribution in [-0.2, 0) is 0 Å². The molecule has 1 atom stereocenters. The predicted octanol–water partition coefficient (Wildman–Crippen LogP) is 2.88. The third-order valence-electron chi connectivity index (χ3n) is 4.10. The molecule has 0 radical (unpaired) electrons. The number of carbonyl (C=O) groups is 1. The van der Waals surface area contributed by atoms with Crippen molar-refractivity contribution in [1.82, 2.24) is 5.32 Å². The summed E-state index contributed by atoms with van der Waals surface area (Å²) in [7, 11) is 0. The first-order chi connectivity index (χ1) is 10.6. The summed E-state index contributed by atoms with van der Waals surface area (Å²) in [6.45, 7) is 6.36. The maximum absolute atomic E-state index is 12.0. The molecule has 1 heterocycles. The highest BCUT2D eigenvalue weighted by Crippen LogP contribution is 2.25. The molecule has 5 heteroatoms. The molecule has 2 amide bonds. The molecule has 1 saturated heterocycles. The number of hydrogen-bond donors (Lipinski definition) is 3. The summed E-state index contributed by atoms with van der Waals surface area (Å²) >= 11 is 0. The third-order valence-corrected chi connectivity index (χ3v) is 4.10. The Hall–Kier alpha value is -1.75. The number of hydrogen-bond acceptors (Lipinski definition) is 3. The molecule has 1 fully saturated rings. The van der Waals surface area contributed by atoms with Crippen molar-refractivity contribution in [3.63, 3.8) is 0 Å². The van der Waals surface area contributed by atoms with Crippen molar-refractivity contribution in [1.29, 1.82) is 0 Å². The minimum absolute atomic E-state index is 0.0522. The van der Waals surface area contributed by atoms with Crippen molar-refractivity contribution in [2.75, 3.05) is 29.9 Å². The summed E-state index contributed by atoms with van der Waals surface area (Å²) in [5, 5.41) is 14.6. The van der Waals surface area contributed by atoms with Crippen molar-refractivity contribution in [2.45, 2.75) is 45.6 Å². The van der Waals surface area contributed by atoms with Gasteiger partial charge in [0.05, 0.1) is 0 Å². The number of anilines is 2. The molecular formula is C17H27N3O2. The quantitative estimate of drug-likeness (QED) is 0.757. The van der Waals surface area contributed by atoms with E-state index in [2.05, 4.69) is 27.7 Å². The van der Waals surface area contributed by atoms with Gasteiger partial charge >= 0.3 is 6.03 Å². The second-order valence-corrected chi connectivity index (χ2v) is 6.06. The van der Waals surface area contributed by atoms with Crippen molar-refractivity contribution >= 4 is 17.4 Å². The van der Waals surface area contributed by atoms with E-state index >= 15 is 0 Å². The first-order valence-corrected chi connectivity index (χ1v) is 8.14. The zero-order chi connectivity index (χ0) is 15.9. The molecule has 1 aliphatic heterocycles. The highest BCUT2D eigenvalue weighted by atomic mass is 16.3. The Morgan fingerprint density at radius 3 is 2.73 bits per heavy atom. The monoisotopic (exact) mass is 305 g/mol. The number of rotatable bonds is 6. The largest absolute Gasteiger partial charge is 0.396 e. The molecule has 0 aromatic heterocycles. The van der Waals surface area contributed by atoms with Gasteiger partial charge in [-0.15, -0.1) is 0 Å². The number of benzene rings is 1. The van der Waals surface area contributed by atoms with Crippen molar-refractivity contribution in [2.24, 2.45) is 0 Å². The summed E-state index contributed by atoms with van der Waals surface area (Å²) in [6.07, 6.45) is 3.99. The van der Waals surface area contributed by atoms with Gasteiger partial charge in [-0.05, 0) is 63.3 Å². The molecule has 1 unspecified atom stereocenters. The molecule has 1 aromatic carbocycles. The van der Waals surface area contributed by atoms with Gasteiger partial charge in [-0.25, -0.2) is 4.79 Å². The van der Waals surface area contributed by atoms with E-state index in [1.54, 1.807) is 0 Å². The lowest BCUT2D eigenvalue weighted by Crippen LogP contribution is -2.36. The summed E-state index contributed by atoms with van der Waals surface area (Å²) in [4.78, 5) is 14.4. The molecule has 0 saturated carbocycles. The highest BCUT2D eigenvalue weighted by molar-refractivity contribution is 5.90. The van der Waals surface area contributed by atoms with Gasteiger partial charge in [-0.1, -0.05) is 0 Å².